The molecule has 0 unspecified atom stereocenters. The van der Waals surface area contributed by atoms with E-state index in [-0.39, 0.29) is 33.2 Å². The van der Waals surface area contributed by atoms with Crippen molar-refractivity contribution in [3.63, 3.8) is 0 Å². The summed E-state index contributed by atoms with van der Waals surface area (Å²) in [6, 6.07) is 9.74. The molecule has 7 nitrogen and oxygen atoms in total. The number of nitrogens with zero attached hydrogens (tertiary/aromatic N) is 2. The maximum Gasteiger partial charge on any atom is 0.297 e. The Morgan fingerprint density at radius 1 is 1.21 bits per heavy atom. The van der Waals surface area contributed by atoms with E-state index in [0.29, 0.717) is 28.5 Å². The number of ether oxygens (including phenoxy) is 1. The van der Waals surface area contributed by atoms with Crippen molar-refractivity contribution < 1.29 is 23.1 Å². The van der Waals surface area contributed by atoms with Gasteiger partial charge in [0.25, 0.3) is 5.91 Å². The van der Waals surface area contributed by atoms with Crippen molar-refractivity contribution in [3.8, 4) is 5.75 Å². The zero-order chi connectivity index (χ0) is 24.1. The van der Waals surface area contributed by atoms with Gasteiger partial charge in [0.1, 0.15) is 17.1 Å². The lowest BCUT2D eigenvalue weighted by Crippen LogP contribution is -2.29. The molecule has 9 heteroatoms. The number of Topliss-reactive ketones (excluding diaryl/α,β-unsaturated/α-hetero) is 1. The van der Waals surface area contributed by atoms with Crippen LogP contribution in [-0.2, 0) is 0 Å². The van der Waals surface area contributed by atoms with Crippen LogP contribution in [0.15, 0.2) is 51.7 Å². The number of anilines is 1. The van der Waals surface area contributed by atoms with Crippen molar-refractivity contribution in [2.75, 3.05) is 11.5 Å². The van der Waals surface area contributed by atoms with Gasteiger partial charge in [0.15, 0.2) is 16.3 Å². The van der Waals surface area contributed by atoms with E-state index >= 15 is 0 Å². The Kier molecular flexibility index (Phi) is 5.28. The monoisotopic (exact) mass is 478 g/mol. The molecule has 0 bridgehead atoms. The second kappa shape index (κ2) is 8.18. The van der Waals surface area contributed by atoms with E-state index in [4.69, 9.17) is 9.15 Å². The number of aromatic nitrogens is 1. The van der Waals surface area contributed by atoms with E-state index in [1.54, 1.807) is 31.2 Å². The normalized spacial score (nSPS) is 15.1. The SMILES string of the molecule is CCOc1ccc([C@@H]2c3c(oc4ccc(F)cc4c3=O)C(=O)N2c2nc(C)c(C(C)=O)s2)cc1. The minimum Gasteiger partial charge on any atom is -0.494 e. The average molecular weight is 479 g/mol. The Hall–Kier alpha value is -3.85. The summed E-state index contributed by atoms with van der Waals surface area (Å²) >= 11 is 1.08. The van der Waals surface area contributed by atoms with Gasteiger partial charge in [-0.3, -0.25) is 19.3 Å². The van der Waals surface area contributed by atoms with Crippen LogP contribution in [0, 0.1) is 12.7 Å². The van der Waals surface area contributed by atoms with Gasteiger partial charge < -0.3 is 9.15 Å². The number of halogens is 1. The molecule has 5 rings (SSSR count). The number of fused-ring (bicyclic) bond motifs is 2. The number of aryl methyl sites for hydroxylation is 1. The van der Waals surface area contributed by atoms with Crippen LogP contribution in [0.25, 0.3) is 11.0 Å². The topological polar surface area (TPSA) is 89.7 Å². The predicted octanol–water partition coefficient (Wildman–Crippen LogP) is 5.05. The first-order chi connectivity index (χ1) is 16.3. The molecule has 0 radical (unpaired) electrons. The molecule has 0 aliphatic carbocycles. The van der Waals surface area contributed by atoms with Crippen LogP contribution in [0.4, 0.5) is 9.52 Å². The third kappa shape index (κ3) is 3.40. The molecule has 1 aliphatic rings. The first-order valence-corrected chi connectivity index (χ1v) is 11.4. The standard InChI is InChI=1S/C25H19FN2O5S/c1-4-32-16-8-5-14(6-9-16)20-19-21(30)17-11-15(26)7-10-18(17)33-22(19)24(31)28(20)25-27-12(2)23(34-25)13(3)29/h5-11,20H,4H2,1-3H3/t20-/m1/s1. The van der Waals surface area contributed by atoms with Crippen molar-refractivity contribution in [2.45, 2.75) is 26.8 Å². The van der Waals surface area contributed by atoms with E-state index in [2.05, 4.69) is 4.98 Å². The zero-order valence-corrected chi connectivity index (χ0v) is 19.4. The Morgan fingerprint density at radius 3 is 2.59 bits per heavy atom. The van der Waals surface area contributed by atoms with E-state index < -0.39 is 23.2 Å². The Morgan fingerprint density at radius 2 is 1.94 bits per heavy atom. The summed E-state index contributed by atoms with van der Waals surface area (Å²) in [5.41, 5.74) is 0.838. The summed E-state index contributed by atoms with van der Waals surface area (Å²) in [5.74, 6) is -0.793. The van der Waals surface area contributed by atoms with Gasteiger partial charge in [0.05, 0.1) is 34.2 Å². The zero-order valence-electron chi connectivity index (χ0n) is 18.5. The number of rotatable bonds is 5. The second-order valence-electron chi connectivity index (χ2n) is 7.86. The number of amides is 1. The van der Waals surface area contributed by atoms with Gasteiger partial charge in [-0.2, -0.15) is 0 Å². The van der Waals surface area contributed by atoms with Gasteiger partial charge in [-0.15, -0.1) is 0 Å². The molecule has 3 heterocycles. The molecule has 2 aromatic heterocycles. The number of carbonyl (C=O) groups excluding carboxylic acids is 2. The van der Waals surface area contributed by atoms with E-state index in [9.17, 15) is 18.8 Å². The summed E-state index contributed by atoms with van der Waals surface area (Å²) < 4.78 is 25.3. The molecule has 0 saturated carbocycles. The highest BCUT2D eigenvalue weighted by atomic mass is 32.1. The minimum atomic E-state index is -0.868. The van der Waals surface area contributed by atoms with E-state index in [0.717, 1.165) is 17.4 Å². The number of ketones is 1. The molecule has 34 heavy (non-hydrogen) atoms. The molecular formula is C25H19FN2O5S. The summed E-state index contributed by atoms with van der Waals surface area (Å²) in [7, 11) is 0. The molecule has 0 N–H and O–H groups in total. The predicted molar refractivity (Wildman–Crippen MR) is 126 cm³/mol. The first-order valence-electron chi connectivity index (χ1n) is 10.6. The van der Waals surface area contributed by atoms with Crippen LogP contribution in [0.1, 0.15) is 56.9 Å². The van der Waals surface area contributed by atoms with E-state index in [1.807, 2.05) is 6.92 Å². The summed E-state index contributed by atoms with van der Waals surface area (Å²) in [6.45, 7) is 5.48. The Balaban J connectivity index is 1.76. The third-order valence-electron chi connectivity index (χ3n) is 5.65. The molecule has 4 aromatic rings. The van der Waals surface area contributed by atoms with Crippen LogP contribution in [0.2, 0.25) is 0 Å². The lowest BCUT2D eigenvalue weighted by Gasteiger charge is -2.22. The lowest BCUT2D eigenvalue weighted by molar-refractivity contribution is 0.0969. The van der Waals surface area contributed by atoms with Crippen LogP contribution in [-0.4, -0.2) is 23.3 Å². The quantitative estimate of drug-likeness (QED) is 0.373. The maximum absolute atomic E-state index is 13.9. The lowest BCUT2D eigenvalue weighted by atomic mass is 9.98. The van der Waals surface area contributed by atoms with Gasteiger partial charge >= 0.3 is 0 Å². The van der Waals surface area contributed by atoms with Crippen molar-refractivity contribution in [1.29, 1.82) is 0 Å². The van der Waals surface area contributed by atoms with Crippen molar-refractivity contribution in [2.24, 2.45) is 0 Å². The molecule has 1 atom stereocenters. The highest BCUT2D eigenvalue weighted by molar-refractivity contribution is 7.17. The fourth-order valence-electron chi connectivity index (χ4n) is 4.18. The number of hydrogen-bond donors (Lipinski definition) is 0. The van der Waals surface area contributed by atoms with Gasteiger partial charge in [-0.1, -0.05) is 23.5 Å². The molecule has 1 amide bonds. The van der Waals surface area contributed by atoms with Crippen LogP contribution in [0.3, 0.4) is 0 Å². The van der Waals surface area contributed by atoms with Crippen molar-refractivity contribution >= 4 is 39.1 Å². The van der Waals surface area contributed by atoms with Crippen molar-refractivity contribution in [3.05, 3.63) is 86.0 Å². The average Bonchev–Trinajstić information content (AvgIpc) is 3.33. The number of hydrogen-bond acceptors (Lipinski definition) is 7. The fraction of sp³-hybridized carbons (Fsp3) is 0.200. The second-order valence-corrected chi connectivity index (χ2v) is 8.84. The number of thiazole rings is 1. The summed E-state index contributed by atoms with van der Waals surface area (Å²) in [6.07, 6.45) is 0. The summed E-state index contributed by atoms with van der Waals surface area (Å²) in [5, 5.41) is 0.316. The van der Waals surface area contributed by atoms with E-state index in [1.165, 1.54) is 24.0 Å². The third-order valence-corrected chi connectivity index (χ3v) is 6.91. The molecule has 0 spiro atoms. The molecular weight excluding hydrogens is 459 g/mol. The van der Waals surface area contributed by atoms with Gasteiger partial charge in [0.2, 0.25) is 5.76 Å². The smallest absolute Gasteiger partial charge is 0.297 e. The van der Waals surface area contributed by atoms with Crippen molar-refractivity contribution in [1.82, 2.24) is 4.98 Å². The minimum absolute atomic E-state index is 0.0454. The summed E-state index contributed by atoms with van der Waals surface area (Å²) in [4.78, 5) is 45.4. The van der Waals surface area contributed by atoms with Gasteiger partial charge in [-0.25, -0.2) is 9.37 Å². The highest BCUT2D eigenvalue weighted by Crippen LogP contribution is 2.43. The maximum atomic E-state index is 13.9. The van der Waals surface area contributed by atoms with Crippen LogP contribution < -0.4 is 15.1 Å². The molecule has 0 saturated heterocycles. The van der Waals surface area contributed by atoms with Crippen LogP contribution in [0.5, 0.6) is 5.75 Å². The number of carbonyl (C=O) groups is 2. The molecule has 172 valence electrons. The molecule has 1 aliphatic heterocycles. The first kappa shape index (κ1) is 22.0. The van der Waals surface area contributed by atoms with Gasteiger partial charge in [0, 0.05) is 6.92 Å². The number of benzene rings is 2. The highest BCUT2D eigenvalue weighted by Gasteiger charge is 2.45. The largest absolute Gasteiger partial charge is 0.494 e. The van der Waals surface area contributed by atoms with Crippen LogP contribution >= 0.6 is 11.3 Å². The molecule has 0 fully saturated rings. The molecule has 2 aromatic carbocycles. The Labute approximate surface area is 197 Å². The Bertz CT molecular complexity index is 1520. The fourth-order valence-corrected chi connectivity index (χ4v) is 5.17. The van der Waals surface area contributed by atoms with Gasteiger partial charge in [-0.05, 0) is 49.7 Å².